The summed E-state index contributed by atoms with van der Waals surface area (Å²) in [6, 6.07) is 3.68. The van der Waals surface area contributed by atoms with Crippen LogP contribution in [0.15, 0.2) is 18.2 Å². The van der Waals surface area contributed by atoms with Crippen LogP contribution in [0.5, 0.6) is 5.75 Å². The molecule has 0 spiro atoms. The van der Waals surface area contributed by atoms with Gasteiger partial charge in [0.2, 0.25) is 0 Å². The normalized spacial score (nSPS) is 18.3. The van der Waals surface area contributed by atoms with Crippen molar-refractivity contribution in [2.75, 3.05) is 0 Å². The molecule has 0 fully saturated rings. The maximum atomic E-state index is 12.5. The summed E-state index contributed by atoms with van der Waals surface area (Å²) in [5.74, 6) is -0.459. The summed E-state index contributed by atoms with van der Waals surface area (Å²) in [4.78, 5) is 13.7. The molecule has 0 bridgehead atoms. The lowest BCUT2D eigenvalue weighted by Gasteiger charge is -2.36. The molecule has 1 aromatic carbocycles. The first kappa shape index (κ1) is 20.3. The molecular formula is C16H20F3NO5S. The first-order valence-electron chi connectivity index (χ1n) is 7.82. The van der Waals surface area contributed by atoms with Crippen LogP contribution in [-0.2, 0) is 27.8 Å². The highest BCUT2D eigenvalue weighted by Crippen LogP contribution is 2.31. The lowest BCUT2D eigenvalue weighted by molar-refractivity contribution is -0.0500. The first-order chi connectivity index (χ1) is 11.7. The minimum absolute atomic E-state index is 0.0781. The lowest BCUT2D eigenvalue weighted by atomic mass is 9.95. The van der Waals surface area contributed by atoms with Gasteiger partial charge in [0.15, 0.2) is 0 Å². The molecule has 1 heterocycles. The highest BCUT2D eigenvalue weighted by Gasteiger charge is 2.48. The number of nitrogens with zero attached hydrogens (tertiary/aromatic N) is 1. The molecule has 0 aromatic heterocycles. The quantitative estimate of drug-likeness (QED) is 0.565. The fraction of sp³-hybridized carbons (Fsp3) is 0.562. The number of fused-ring (bicyclic) bond motifs is 1. The average molecular weight is 395 g/mol. The molecule has 0 saturated carbocycles. The molecule has 1 aliphatic heterocycles. The van der Waals surface area contributed by atoms with Crippen LogP contribution in [-0.4, -0.2) is 36.6 Å². The van der Waals surface area contributed by atoms with Crippen LogP contribution in [0.25, 0.3) is 0 Å². The van der Waals surface area contributed by atoms with E-state index in [9.17, 15) is 26.4 Å². The van der Waals surface area contributed by atoms with Crippen LogP contribution in [0, 0.1) is 0 Å². The van der Waals surface area contributed by atoms with Gasteiger partial charge in [-0.25, -0.2) is 4.79 Å². The lowest BCUT2D eigenvalue weighted by Crippen LogP contribution is -2.45. The molecule has 0 aliphatic carbocycles. The fourth-order valence-corrected chi connectivity index (χ4v) is 2.96. The van der Waals surface area contributed by atoms with E-state index >= 15 is 0 Å². The Kier molecular flexibility index (Phi) is 5.19. The third kappa shape index (κ3) is 4.60. The molecule has 6 nitrogen and oxygen atoms in total. The Balaban J connectivity index is 2.25. The van der Waals surface area contributed by atoms with Crippen molar-refractivity contribution in [2.24, 2.45) is 0 Å². The maximum Gasteiger partial charge on any atom is 0.534 e. The van der Waals surface area contributed by atoms with Gasteiger partial charge in [-0.1, -0.05) is 6.07 Å². The standard InChI is InChI=1S/C16H20F3NO5S/c1-10-7-11-5-6-13(25-26(22,23)16(17,18)19)8-12(11)9-20(10)14(21)24-15(2,3)4/h5-6,8,10H,7,9H2,1-4H3. The van der Waals surface area contributed by atoms with E-state index in [1.54, 1.807) is 20.8 Å². The van der Waals surface area contributed by atoms with Crippen molar-refractivity contribution in [1.82, 2.24) is 4.90 Å². The van der Waals surface area contributed by atoms with Gasteiger partial charge in [0, 0.05) is 12.6 Å². The van der Waals surface area contributed by atoms with Crippen molar-refractivity contribution < 1.29 is 35.3 Å². The van der Waals surface area contributed by atoms with Gasteiger partial charge in [-0.15, -0.1) is 0 Å². The number of rotatable bonds is 2. The third-order valence-corrected chi connectivity index (χ3v) is 4.66. The Morgan fingerprint density at radius 2 is 1.81 bits per heavy atom. The largest absolute Gasteiger partial charge is 0.534 e. The SMILES string of the molecule is CC1Cc2ccc(OS(=O)(=O)C(F)(F)F)cc2CN1C(=O)OC(C)(C)C. The molecular weight excluding hydrogens is 375 g/mol. The third-order valence-electron chi connectivity index (χ3n) is 3.68. The molecule has 0 radical (unpaired) electrons. The molecule has 1 amide bonds. The van der Waals surface area contributed by atoms with E-state index in [-0.39, 0.29) is 12.6 Å². The number of amides is 1. The number of carbonyl (C=O) groups excluding carboxylic acids is 1. The number of ether oxygens (including phenoxy) is 1. The summed E-state index contributed by atoms with van der Waals surface area (Å²) in [5, 5.41) is 0. The number of alkyl halides is 3. The molecule has 2 rings (SSSR count). The summed E-state index contributed by atoms with van der Waals surface area (Å²) in [5.41, 5.74) is -4.90. The van der Waals surface area contributed by atoms with Gasteiger partial charge in [0.25, 0.3) is 0 Å². The number of carbonyl (C=O) groups is 1. The average Bonchev–Trinajstić information content (AvgIpc) is 2.43. The molecule has 10 heteroatoms. The maximum absolute atomic E-state index is 12.5. The zero-order chi connectivity index (χ0) is 19.9. The highest BCUT2D eigenvalue weighted by atomic mass is 32.2. The summed E-state index contributed by atoms with van der Waals surface area (Å²) in [6.45, 7) is 7.07. The van der Waals surface area contributed by atoms with Crippen LogP contribution in [0.2, 0.25) is 0 Å². The van der Waals surface area contributed by atoms with Crippen molar-refractivity contribution in [3.05, 3.63) is 29.3 Å². The Hall–Kier alpha value is -1.97. The van der Waals surface area contributed by atoms with Crippen molar-refractivity contribution >= 4 is 16.2 Å². The molecule has 0 N–H and O–H groups in total. The Morgan fingerprint density at radius 1 is 1.19 bits per heavy atom. The predicted octanol–water partition coefficient (Wildman–Crippen LogP) is 3.60. The van der Waals surface area contributed by atoms with Crippen LogP contribution in [0.4, 0.5) is 18.0 Å². The first-order valence-corrected chi connectivity index (χ1v) is 9.22. The van der Waals surface area contributed by atoms with Gasteiger partial charge in [0.05, 0.1) is 0 Å². The monoisotopic (exact) mass is 395 g/mol. The zero-order valence-corrected chi connectivity index (χ0v) is 15.6. The van der Waals surface area contributed by atoms with Gasteiger partial charge < -0.3 is 13.8 Å². The van der Waals surface area contributed by atoms with E-state index in [2.05, 4.69) is 4.18 Å². The van der Waals surface area contributed by atoms with E-state index in [0.717, 1.165) is 11.6 Å². The van der Waals surface area contributed by atoms with Gasteiger partial charge in [-0.3, -0.25) is 0 Å². The highest BCUT2D eigenvalue weighted by molar-refractivity contribution is 7.88. The van der Waals surface area contributed by atoms with Gasteiger partial charge >= 0.3 is 21.7 Å². The zero-order valence-electron chi connectivity index (χ0n) is 14.8. The van der Waals surface area contributed by atoms with Crippen molar-refractivity contribution in [1.29, 1.82) is 0 Å². The van der Waals surface area contributed by atoms with Gasteiger partial charge in [-0.05, 0) is 57.4 Å². The smallest absolute Gasteiger partial charge is 0.444 e. The molecule has 1 unspecified atom stereocenters. The molecule has 0 saturated heterocycles. The van der Waals surface area contributed by atoms with E-state index in [1.807, 2.05) is 6.92 Å². The van der Waals surface area contributed by atoms with Crippen LogP contribution < -0.4 is 4.18 Å². The van der Waals surface area contributed by atoms with Gasteiger partial charge in [0.1, 0.15) is 11.4 Å². The summed E-state index contributed by atoms with van der Waals surface area (Å²) < 4.78 is 69.1. The van der Waals surface area contributed by atoms with Crippen LogP contribution in [0.1, 0.15) is 38.8 Å². The second-order valence-electron chi connectivity index (χ2n) is 7.08. The van der Waals surface area contributed by atoms with E-state index in [4.69, 9.17) is 4.74 Å². The molecule has 26 heavy (non-hydrogen) atoms. The Bertz CT molecular complexity index is 799. The minimum atomic E-state index is -5.75. The summed E-state index contributed by atoms with van der Waals surface area (Å²) in [6.07, 6.45) is -0.0918. The van der Waals surface area contributed by atoms with Gasteiger partial charge in [-0.2, -0.15) is 21.6 Å². The predicted molar refractivity (Wildman–Crippen MR) is 87.0 cm³/mol. The summed E-state index contributed by atoms with van der Waals surface area (Å²) >= 11 is 0. The van der Waals surface area contributed by atoms with Crippen molar-refractivity contribution in [3.8, 4) is 5.75 Å². The van der Waals surface area contributed by atoms with Crippen molar-refractivity contribution in [2.45, 2.75) is 57.8 Å². The topological polar surface area (TPSA) is 72.9 Å². The number of hydrogen-bond acceptors (Lipinski definition) is 5. The number of hydrogen-bond donors (Lipinski definition) is 0. The molecule has 146 valence electrons. The van der Waals surface area contributed by atoms with Crippen LogP contribution in [0.3, 0.4) is 0 Å². The Morgan fingerprint density at radius 3 is 2.35 bits per heavy atom. The minimum Gasteiger partial charge on any atom is -0.444 e. The van der Waals surface area contributed by atoms with Crippen molar-refractivity contribution in [3.63, 3.8) is 0 Å². The number of halogens is 3. The number of benzene rings is 1. The molecule has 1 aromatic rings. The van der Waals surface area contributed by atoms with E-state index in [1.165, 1.54) is 17.0 Å². The van der Waals surface area contributed by atoms with E-state index in [0.29, 0.717) is 12.0 Å². The summed E-state index contributed by atoms with van der Waals surface area (Å²) in [7, 11) is -5.75. The Labute approximate surface area is 150 Å². The molecule has 1 atom stereocenters. The van der Waals surface area contributed by atoms with E-state index < -0.39 is 33.1 Å². The second-order valence-corrected chi connectivity index (χ2v) is 8.61. The fourth-order valence-electron chi connectivity index (χ4n) is 2.51. The second kappa shape index (κ2) is 6.64. The molecule has 1 aliphatic rings. The van der Waals surface area contributed by atoms with Crippen LogP contribution >= 0.6 is 0 Å².